The number of imide groups is 1. The molecule has 1 saturated carbocycles. The summed E-state index contributed by atoms with van der Waals surface area (Å²) in [4.78, 5) is 72.3. The van der Waals surface area contributed by atoms with Gasteiger partial charge in [0.05, 0.1) is 35.5 Å². The van der Waals surface area contributed by atoms with Crippen LogP contribution in [0.1, 0.15) is 102 Å². The molecule has 1 aliphatic carbocycles. The standard InChI is InChI=1S/C55H67Cl2N9O6S/c1-34(49-29-40(33-73-49)51-39(32-62(3)4)8-6-9-45(51)57)58-52-43-30-42(48(71-5)31-46(43)59-35(2)60-52)36-10-12-37(13-11-36)53(68)65-25-23-63(24-26-65)19-7-27-72-41-16-20-64(21-17-41)54(69)38-14-15-44(56)47(28-38)66-22-18-50(67)61-55(66)70/h6,8-9,14-15,28-31,33-34,36-37,41H,7,10-13,16-27,32H2,1-5H3,(H,58,59,60)(H,61,67,70)/t34-,36?,37?/m1/s1. The van der Waals surface area contributed by atoms with Gasteiger partial charge in [0.2, 0.25) is 11.8 Å². The number of aryl methyl sites for hydroxylation is 1. The Morgan fingerprint density at radius 1 is 0.904 bits per heavy atom. The van der Waals surface area contributed by atoms with Gasteiger partial charge in [0, 0.05) is 110 Å². The summed E-state index contributed by atoms with van der Waals surface area (Å²) in [6, 6.07) is 17.0. The summed E-state index contributed by atoms with van der Waals surface area (Å²) in [5.41, 5.74) is 6.23. The molecule has 4 fully saturated rings. The van der Waals surface area contributed by atoms with Gasteiger partial charge in [-0.1, -0.05) is 35.3 Å². The molecule has 0 bridgehead atoms. The van der Waals surface area contributed by atoms with Crippen molar-refractivity contribution in [1.29, 1.82) is 0 Å². The third-order valence-corrected chi connectivity index (χ3v) is 16.6. The Bertz CT molecular complexity index is 2820. The number of thiophene rings is 1. The number of halogens is 2. The summed E-state index contributed by atoms with van der Waals surface area (Å²) in [5, 5.41) is 10.3. The Kier molecular flexibility index (Phi) is 16.9. The molecule has 3 aliphatic heterocycles. The van der Waals surface area contributed by atoms with Gasteiger partial charge < -0.3 is 29.5 Å². The summed E-state index contributed by atoms with van der Waals surface area (Å²) in [7, 11) is 5.86. The molecule has 388 valence electrons. The van der Waals surface area contributed by atoms with Crippen LogP contribution < -0.4 is 20.3 Å². The number of hydrogen-bond acceptors (Lipinski definition) is 12. The molecule has 5 aromatic rings. The first-order valence-corrected chi connectivity index (χ1v) is 27.3. The molecular weight excluding hydrogens is 986 g/mol. The summed E-state index contributed by atoms with van der Waals surface area (Å²) in [6.45, 7) is 11.0. The molecule has 3 aromatic carbocycles. The minimum atomic E-state index is -0.543. The molecule has 2 aromatic heterocycles. The van der Waals surface area contributed by atoms with Gasteiger partial charge in [0.1, 0.15) is 17.4 Å². The lowest BCUT2D eigenvalue weighted by molar-refractivity contribution is -0.138. The van der Waals surface area contributed by atoms with Crippen LogP contribution in [0.2, 0.25) is 10.0 Å². The van der Waals surface area contributed by atoms with Crippen molar-refractivity contribution in [3.8, 4) is 16.9 Å². The van der Waals surface area contributed by atoms with Crippen molar-refractivity contribution in [2.75, 3.05) is 90.4 Å². The van der Waals surface area contributed by atoms with E-state index in [2.05, 4.69) is 69.9 Å². The highest BCUT2D eigenvalue weighted by atomic mass is 35.5. The van der Waals surface area contributed by atoms with Crippen LogP contribution in [0.3, 0.4) is 0 Å². The van der Waals surface area contributed by atoms with Gasteiger partial charge in [-0.15, -0.1) is 11.3 Å². The number of piperazine rings is 1. The SMILES string of the molecule is COc1cc2nc(C)nc(N[C@H](C)c3cc(-c4c(Cl)cccc4CN(C)C)cs3)c2cc1C1CCC(C(=O)N2CCN(CCCOC3CCN(C(=O)c4ccc(Cl)c(N5CCC(=O)NC5=O)c4)CC3)CC2)CC1. The summed E-state index contributed by atoms with van der Waals surface area (Å²) < 4.78 is 12.3. The highest BCUT2D eigenvalue weighted by molar-refractivity contribution is 7.10. The fourth-order valence-corrected chi connectivity index (χ4v) is 12.4. The van der Waals surface area contributed by atoms with Gasteiger partial charge in [-0.2, -0.15) is 0 Å². The van der Waals surface area contributed by atoms with Gasteiger partial charge in [-0.25, -0.2) is 14.8 Å². The number of nitrogens with zero attached hydrogens (tertiary/aromatic N) is 7. The maximum Gasteiger partial charge on any atom is 0.328 e. The fraction of sp³-hybridized carbons (Fsp3) is 0.491. The van der Waals surface area contributed by atoms with E-state index in [1.165, 1.54) is 15.3 Å². The maximum atomic E-state index is 13.9. The van der Waals surface area contributed by atoms with Gasteiger partial charge in [-0.3, -0.25) is 29.5 Å². The number of ether oxygens (including phenoxy) is 2. The van der Waals surface area contributed by atoms with Crippen LogP contribution in [0, 0.1) is 12.8 Å². The number of carbonyl (C=O) groups is 4. The average molecular weight is 1050 g/mol. The van der Waals surface area contributed by atoms with E-state index in [1.807, 2.05) is 30.0 Å². The molecule has 3 saturated heterocycles. The molecule has 15 nitrogen and oxygen atoms in total. The Balaban J connectivity index is 0.720. The molecule has 1 atom stereocenters. The number of methoxy groups -OCH3 is 1. The van der Waals surface area contributed by atoms with Gasteiger partial charge in [0.15, 0.2) is 0 Å². The Labute approximate surface area is 442 Å². The van der Waals surface area contributed by atoms with Crippen molar-refractivity contribution in [2.24, 2.45) is 5.92 Å². The number of carbonyl (C=O) groups excluding carboxylic acids is 4. The number of aromatic nitrogens is 2. The van der Waals surface area contributed by atoms with Gasteiger partial charge >= 0.3 is 6.03 Å². The Morgan fingerprint density at radius 3 is 2.40 bits per heavy atom. The van der Waals surface area contributed by atoms with E-state index in [9.17, 15) is 19.2 Å². The van der Waals surface area contributed by atoms with E-state index in [1.54, 1.807) is 36.6 Å². The minimum absolute atomic E-state index is 0.0193. The van der Waals surface area contributed by atoms with Crippen LogP contribution in [0.5, 0.6) is 5.75 Å². The lowest BCUT2D eigenvalue weighted by atomic mass is 9.77. The lowest BCUT2D eigenvalue weighted by Crippen LogP contribution is -2.50. The second-order valence-electron chi connectivity index (χ2n) is 20.2. The minimum Gasteiger partial charge on any atom is -0.496 e. The first kappa shape index (κ1) is 52.5. The average Bonchev–Trinajstić information content (AvgIpc) is 3.88. The molecule has 5 amide bonds. The molecule has 0 radical (unpaired) electrons. The van der Waals surface area contributed by atoms with Gasteiger partial charge in [0.25, 0.3) is 5.91 Å². The number of hydrogen-bond donors (Lipinski definition) is 2. The number of rotatable bonds is 16. The molecule has 5 heterocycles. The number of benzene rings is 3. The molecule has 9 rings (SSSR count). The summed E-state index contributed by atoms with van der Waals surface area (Å²) >= 11 is 14.9. The van der Waals surface area contributed by atoms with E-state index < -0.39 is 6.03 Å². The maximum absolute atomic E-state index is 13.9. The number of piperidine rings is 1. The van der Waals surface area contributed by atoms with Crippen LogP contribution in [0.15, 0.2) is 60.0 Å². The number of anilines is 2. The highest BCUT2D eigenvalue weighted by Gasteiger charge is 2.34. The van der Waals surface area contributed by atoms with Crippen LogP contribution in [0.25, 0.3) is 22.0 Å². The molecule has 0 unspecified atom stereocenters. The third-order valence-electron chi connectivity index (χ3n) is 14.9. The van der Waals surface area contributed by atoms with E-state index in [4.69, 9.17) is 42.6 Å². The molecule has 73 heavy (non-hydrogen) atoms. The van der Waals surface area contributed by atoms with E-state index in [0.717, 1.165) is 128 Å². The van der Waals surface area contributed by atoms with Crippen molar-refractivity contribution >= 4 is 80.7 Å². The molecule has 4 aliphatic rings. The van der Waals surface area contributed by atoms with Crippen LogP contribution >= 0.6 is 34.5 Å². The number of urea groups is 1. The van der Waals surface area contributed by atoms with Gasteiger partial charge in [-0.05, 0) is 137 Å². The normalized spacial score (nSPS) is 19.6. The van der Waals surface area contributed by atoms with Crippen LogP contribution in [-0.2, 0) is 20.9 Å². The first-order chi connectivity index (χ1) is 35.2. The Morgan fingerprint density at radius 2 is 1.67 bits per heavy atom. The van der Waals surface area contributed by atoms with Crippen molar-refractivity contribution in [1.82, 2.24) is 34.9 Å². The van der Waals surface area contributed by atoms with Crippen molar-refractivity contribution in [3.05, 3.63) is 97.4 Å². The van der Waals surface area contributed by atoms with E-state index in [-0.39, 0.29) is 54.7 Å². The zero-order valence-electron chi connectivity index (χ0n) is 42.6. The predicted octanol–water partition coefficient (Wildman–Crippen LogP) is 9.79. The molecule has 0 spiro atoms. The lowest BCUT2D eigenvalue weighted by Gasteiger charge is -2.38. The number of fused-ring (bicyclic) bond motifs is 1. The predicted molar refractivity (Wildman–Crippen MR) is 289 cm³/mol. The van der Waals surface area contributed by atoms with Crippen molar-refractivity contribution < 1.29 is 28.7 Å². The zero-order chi connectivity index (χ0) is 51.3. The Hall–Kier alpha value is -5.36. The highest BCUT2D eigenvalue weighted by Crippen LogP contribution is 2.43. The summed E-state index contributed by atoms with van der Waals surface area (Å²) in [6.07, 6.45) is 6.15. The smallest absolute Gasteiger partial charge is 0.328 e. The van der Waals surface area contributed by atoms with Crippen molar-refractivity contribution in [3.63, 3.8) is 0 Å². The zero-order valence-corrected chi connectivity index (χ0v) is 44.9. The first-order valence-electron chi connectivity index (χ1n) is 25.7. The second-order valence-corrected chi connectivity index (χ2v) is 22.0. The van der Waals surface area contributed by atoms with E-state index >= 15 is 0 Å². The fourth-order valence-electron chi connectivity index (χ4n) is 10.9. The summed E-state index contributed by atoms with van der Waals surface area (Å²) in [5.74, 6) is 2.41. The monoisotopic (exact) mass is 1050 g/mol. The molecule has 18 heteroatoms. The number of nitrogens with one attached hydrogen (secondary N) is 2. The second kappa shape index (κ2) is 23.5. The van der Waals surface area contributed by atoms with Crippen LogP contribution in [0.4, 0.5) is 16.3 Å². The van der Waals surface area contributed by atoms with E-state index in [0.29, 0.717) is 41.8 Å². The number of amides is 5. The molecule has 2 N–H and O–H groups in total. The quantitative estimate of drug-likeness (QED) is 0.0909. The molecular formula is C55H67Cl2N9O6S. The largest absolute Gasteiger partial charge is 0.496 e. The topological polar surface area (TPSA) is 153 Å². The number of likely N-dealkylation sites (tertiary alicyclic amines) is 1. The van der Waals surface area contributed by atoms with Crippen LogP contribution in [-0.4, -0.2) is 140 Å². The third kappa shape index (κ3) is 12.3. The van der Waals surface area contributed by atoms with Crippen molar-refractivity contribution in [2.45, 2.75) is 89.8 Å².